The number of aromatic amines is 1. The van der Waals surface area contributed by atoms with Gasteiger partial charge < -0.3 is 20.8 Å². The van der Waals surface area contributed by atoms with Crippen LogP contribution in [0.2, 0.25) is 0 Å². The number of ether oxygens (including phenoxy) is 1. The van der Waals surface area contributed by atoms with Crippen molar-refractivity contribution in [3.05, 3.63) is 89.9 Å². The molecule has 5 rings (SSSR count). The van der Waals surface area contributed by atoms with Crippen molar-refractivity contribution < 1.29 is 17.9 Å². The average Bonchev–Trinajstić information content (AvgIpc) is 3.39. The van der Waals surface area contributed by atoms with Crippen LogP contribution in [0.1, 0.15) is 23.9 Å². The highest BCUT2D eigenvalue weighted by Crippen LogP contribution is 2.33. The number of rotatable bonds is 10. The van der Waals surface area contributed by atoms with Gasteiger partial charge in [-0.3, -0.25) is 19.5 Å². The standard InChI is InChI=1S/C29H29N7O4S/c1-3-40-26(37)17-36(41(38,39)24-8-4-6-19-7-5-15-32-28(19)24)23-14-13-22-27(18(23)2)35-25(34-22)16-33-21-11-9-20(10-12-21)29(30)31/h4-15,33H,3,16-17H2,1-2H3,(H3,30,31)(H,34,35). The summed E-state index contributed by atoms with van der Waals surface area (Å²) in [5, 5.41) is 11.5. The minimum atomic E-state index is -4.24. The molecule has 0 aliphatic carbocycles. The van der Waals surface area contributed by atoms with Crippen molar-refractivity contribution in [3.8, 4) is 0 Å². The highest BCUT2D eigenvalue weighted by Gasteiger charge is 2.31. The molecule has 0 aliphatic rings. The number of hydrogen-bond acceptors (Lipinski definition) is 8. The number of nitrogen functional groups attached to an aromatic ring is 1. The number of sulfonamides is 1. The van der Waals surface area contributed by atoms with Gasteiger partial charge in [0.1, 0.15) is 23.1 Å². The second kappa shape index (κ2) is 11.3. The number of anilines is 2. The number of esters is 1. The first-order valence-electron chi connectivity index (χ1n) is 12.9. The summed E-state index contributed by atoms with van der Waals surface area (Å²) >= 11 is 0. The van der Waals surface area contributed by atoms with Gasteiger partial charge in [0.05, 0.1) is 35.4 Å². The normalized spacial score (nSPS) is 11.5. The fourth-order valence-corrected chi connectivity index (χ4v) is 6.22. The fraction of sp³-hybridized carbons (Fsp3) is 0.172. The van der Waals surface area contributed by atoms with Crippen LogP contribution >= 0.6 is 0 Å². The van der Waals surface area contributed by atoms with Gasteiger partial charge in [-0.2, -0.15) is 0 Å². The van der Waals surface area contributed by atoms with E-state index in [0.29, 0.717) is 45.6 Å². The number of nitrogens with two attached hydrogens (primary N) is 1. The molecular weight excluding hydrogens is 542 g/mol. The zero-order valence-electron chi connectivity index (χ0n) is 22.5. The first kappa shape index (κ1) is 27.6. The maximum atomic E-state index is 14.1. The minimum Gasteiger partial charge on any atom is -0.465 e. The molecular formula is C29H29N7O4S. The molecule has 11 nitrogen and oxygen atoms in total. The van der Waals surface area contributed by atoms with E-state index in [0.717, 1.165) is 15.5 Å². The number of aromatic nitrogens is 3. The number of nitrogens with zero attached hydrogens (tertiary/aromatic N) is 3. The van der Waals surface area contributed by atoms with Gasteiger partial charge in [0, 0.05) is 28.4 Å². The number of aryl methyl sites for hydroxylation is 1. The molecule has 0 aliphatic heterocycles. The van der Waals surface area contributed by atoms with Crippen molar-refractivity contribution in [1.82, 2.24) is 15.0 Å². The number of hydrogen-bond donors (Lipinski definition) is 4. The zero-order valence-corrected chi connectivity index (χ0v) is 23.3. The first-order chi connectivity index (χ1) is 19.7. The second-order valence-corrected chi connectivity index (χ2v) is 11.1. The van der Waals surface area contributed by atoms with Gasteiger partial charge in [-0.05, 0) is 62.4 Å². The van der Waals surface area contributed by atoms with Crippen LogP contribution < -0.4 is 15.4 Å². The summed E-state index contributed by atoms with van der Waals surface area (Å²) < 4.78 is 34.4. The lowest BCUT2D eigenvalue weighted by molar-refractivity contribution is -0.141. The van der Waals surface area contributed by atoms with Crippen molar-refractivity contribution in [3.63, 3.8) is 0 Å². The molecule has 0 amide bonds. The maximum absolute atomic E-state index is 14.1. The molecule has 210 valence electrons. The number of para-hydroxylation sites is 1. The predicted octanol–water partition coefficient (Wildman–Crippen LogP) is 4.07. The molecule has 0 saturated heterocycles. The number of H-pyrrole nitrogens is 1. The Morgan fingerprint density at radius 3 is 2.56 bits per heavy atom. The lowest BCUT2D eigenvalue weighted by Gasteiger charge is -2.25. The van der Waals surface area contributed by atoms with E-state index in [1.165, 1.54) is 12.3 Å². The molecule has 2 heterocycles. The molecule has 12 heteroatoms. The van der Waals surface area contributed by atoms with Crippen molar-refractivity contribution in [2.75, 3.05) is 22.8 Å². The van der Waals surface area contributed by atoms with Gasteiger partial charge >= 0.3 is 5.97 Å². The van der Waals surface area contributed by atoms with E-state index in [2.05, 4.69) is 15.3 Å². The van der Waals surface area contributed by atoms with Gasteiger partial charge in [0.15, 0.2) is 0 Å². The summed E-state index contributed by atoms with van der Waals surface area (Å²) in [6.07, 6.45) is 1.53. The molecule has 0 fully saturated rings. The molecule has 2 aromatic heterocycles. The van der Waals surface area contributed by atoms with E-state index in [4.69, 9.17) is 20.9 Å². The number of carbonyl (C=O) groups is 1. The Morgan fingerprint density at radius 1 is 1.07 bits per heavy atom. The molecule has 0 bridgehead atoms. The quantitative estimate of drug-likeness (QED) is 0.111. The number of nitrogens with one attached hydrogen (secondary N) is 3. The van der Waals surface area contributed by atoms with Crippen LogP contribution in [0.3, 0.4) is 0 Å². The second-order valence-electron chi connectivity index (χ2n) is 9.28. The van der Waals surface area contributed by atoms with E-state index in [1.807, 2.05) is 12.1 Å². The minimum absolute atomic E-state index is 0.00385. The van der Waals surface area contributed by atoms with Crippen molar-refractivity contribution >= 4 is 55.1 Å². The summed E-state index contributed by atoms with van der Waals surface area (Å²) in [7, 11) is -4.24. The SMILES string of the molecule is CCOC(=O)CN(c1ccc2[nH]c(CNc3ccc(C(=N)N)cc3)nc2c1C)S(=O)(=O)c1cccc2cccnc12. The van der Waals surface area contributed by atoms with Crippen LogP contribution in [-0.4, -0.2) is 48.3 Å². The van der Waals surface area contributed by atoms with Crippen molar-refractivity contribution in [2.45, 2.75) is 25.3 Å². The van der Waals surface area contributed by atoms with Crippen molar-refractivity contribution in [1.29, 1.82) is 5.41 Å². The number of fused-ring (bicyclic) bond motifs is 2. The molecule has 0 unspecified atom stereocenters. The van der Waals surface area contributed by atoms with E-state index in [9.17, 15) is 13.2 Å². The summed E-state index contributed by atoms with van der Waals surface area (Å²) in [5.74, 6) is -0.0451. The summed E-state index contributed by atoms with van der Waals surface area (Å²) in [6.45, 7) is 3.41. The third kappa shape index (κ3) is 5.54. The smallest absolute Gasteiger partial charge is 0.326 e. The van der Waals surface area contributed by atoms with E-state index < -0.39 is 22.5 Å². The van der Waals surface area contributed by atoms with Gasteiger partial charge in [-0.25, -0.2) is 13.4 Å². The average molecular weight is 572 g/mol. The largest absolute Gasteiger partial charge is 0.465 e. The van der Waals surface area contributed by atoms with E-state index >= 15 is 0 Å². The van der Waals surface area contributed by atoms with E-state index in [1.54, 1.807) is 62.4 Å². The van der Waals surface area contributed by atoms with Gasteiger partial charge in [-0.1, -0.05) is 18.2 Å². The first-order valence-corrected chi connectivity index (χ1v) is 14.3. The number of pyridine rings is 1. The van der Waals surface area contributed by atoms with Gasteiger partial charge in [0.2, 0.25) is 0 Å². The number of imidazole rings is 1. The van der Waals surface area contributed by atoms with Crippen molar-refractivity contribution in [2.24, 2.45) is 5.73 Å². The molecule has 5 N–H and O–H groups in total. The fourth-order valence-electron chi connectivity index (χ4n) is 4.59. The molecule has 0 radical (unpaired) electrons. The Labute approximate surface area is 236 Å². The lowest BCUT2D eigenvalue weighted by Crippen LogP contribution is -2.37. The van der Waals surface area contributed by atoms with E-state index in [-0.39, 0.29) is 17.3 Å². The molecule has 5 aromatic rings. The maximum Gasteiger partial charge on any atom is 0.326 e. The third-order valence-electron chi connectivity index (χ3n) is 6.59. The molecule has 0 spiro atoms. The topological polar surface area (TPSA) is 167 Å². The zero-order chi connectivity index (χ0) is 29.1. The monoisotopic (exact) mass is 571 g/mol. The molecule has 41 heavy (non-hydrogen) atoms. The van der Waals surface area contributed by atoms with Crippen LogP contribution in [0.15, 0.2) is 77.8 Å². The molecule has 3 aromatic carbocycles. The Morgan fingerprint density at radius 2 is 1.83 bits per heavy atom. The van der Waals surface area contributed by atoms with Gasteiger partial charge in [0.25, 0.3) is 10.0 Å². The van der Waals surface area contributed by atoms with Crippen LogP contribution in [-0.2, 0) is 26.1 Å². The van der Waals surface area contributed by atoms with Gasteiger partial charge in [-0.15, -0.1) is 0 Å². The number of carbonyl (C=O) groups excluding carboxylic acids is 1. The van der Waals surface area contributed by atoms with Crippen LogP contribution in [0.4, 0.5) is 11.4 Å². The summed E-state index contributed by atoms with van der Waals surface area (Å²) in [4.78, 5) is 24.9. The highest BCUT2D eigenvalue weighted by atomic mass is 32.2. The highest BCUT2D eigenvalue weighted by molar-refractivity contribution is 7.93. The molecule has 0 atom stereocenters. The Balaban J connectivity index is 1.51. The summed E-state index contributed by atoms with van der Waals surface area (Å²) in [5.41, 5.74) is 9.47. The Bertz CT molecular complexity index is 1860. The lowest BCUT2D eigenvalue weighted by atomic mass is 10.1. The number of benzene rings is 3. The van der Waals surface area contributed by atoms with Crippen LogP contribution in [0, 0.1) is 12.3 Å². The third-order valence-corrected chi connectivity index (χ3v) is 8.39. The predicted molar refractivity (Wildman–Crippen MR) is 159 cm³/mol. The Hall–Kier alpha value is -4.97. The Kier molecular flexibility index (Phi) is 7.58. The van der Waals surface area contributed by atoms with Crippen LogP contribution in [0.25, 0.3) is 21.9 Å². The summed E-state index contributed by atoms with van der Waals surface area (Å²) in [6, 6.07) is 19.0. The number of amidine groups is 1. The van der Waals surface area contributed by atoms with Crippen LogP contribution in [0.5, 0.6) is 0 Å². The molecule has 0 saturated carbocycles.